The molecule has 0 aromatic heterocycles. The Labute approximate surface area is 100.0 Å². The summed E-state index contributed by atoms with van der Waals surface area (Å²) in [4.78, 5) is 22.5. The molecule has 1 N–H and O–H groups in total. The van der Waals surface area contributed by atoms with Crippen molar-refractivity contribution >= 4 is 17.9 Å². The lowest BCUT2D eigenvalue weighted by atomic mass is 10.1. The minimum absolute atomic E-state index is 0.132. The minimum Gasteiger partial charge on any atom is -0.368 e. The van der Waals surface area contributed by atoms with E-state index in [9.17, 15) is 9.59 Å². The Bertz CT molecular complexity index is 411. The van der Waals surface area contributed by atoms with E-state index in [1.807, 2.05) is 0 Å². The van der Waals surface area contributed by atoms with Gasteiger partial charge in [-0.3, -0.25) is 9.59 Å². The van der Waals surface area contributed by atoms with Crippen molar-refractivity contribution in [2.75, 3.05) is 11.9 Å². The molecule has 90 valence electrons. The van der Waals surface area contributed by atoms with Crippen LogP contribution in [0, 0.1) is 0 Å². The predicted octanol–water partition coefficient (Wildman–Crippen LogP) is 2.01. The van der Waals surface area contributed by atoms with E-state index < -0.39 is 0 Å². The van der Waals surface area contributed by atoms with Crippen molar-refractivity contribution in [3.8, 4) is 0 Å². The van der Waals surface area contributed by atoms with Crippen molar-refractivity contribution in [1.82, 2.24) is 0 Å². The van der Waals surface area contributed by atoms with Gasteiger partial charge < -0.3 is 10.1 Å². The van der Waals surface area contributed by atoms with Crippen LogP contribution in [0.3, 0.4) is 0 Å². The van der Waals surface area contributed by atoms with Gasteiger partial charge in [-0.15, -0.1) is 0 Å². The van der Waals surface area contributed by atoms with E-state index >= 15 is 0 Å². The highest BCUT2D eigenvalue weighted by Crippen LogP contribution is 2.15. The van der Waals surface area contributed by atoms with Gasteiger partial charge >= 0.3 is 0 Å². The number of hydrogen-bond acceptors (Lipinski definition) is 3. The zero-order valence-electron chi connectivity index (χ0n) is 9.52. The molecule has 1 heterocycles. The summed E-state index contributed by atoms with van der Waals surface area (Å²) >= 11 is 0. The zero-order chi connectivity index (χ0) is 12.1. The Balaban J connectivity index is 1.99. The van der Waals surface area contributed by atoms with Crippen LogP contribution in [0.1, 0.15) is 29.6 Å². The molecule has 4 nitrogen and oxygen atoms in total. The summed E-state index contributed by atoms with van der Waals surface area (Å²) in [7, 11) is 0. The Hall–Kier alpha value is -1.68. The monoisotopic (exact) mass is 233 g/mol. The molecular formula is C13H15NO3. The second-order valence-corrected chi connectivity index (χ2v) is 4.09. The fourth-order valence-electron chi connectivity index (χ4n) is 1.86. The van der Waals surface area contributed by atoms with Crippen LogP contribution >= 0.6 is 0 Å². The maximum absolute atomic E-state index is 11.8. The largest absolute Gasteiger partial charge is 0.368 e. The Morgan fingerprint density at radius 2 is 2.29 bits per heavy atom. The van der Waals surface area contributed by atoms with Crippen LogP contribution in [0.2, 0.25) is 0 Å². The van der Waals surface area contributed by atoms with Gasteiger partial charge in [0, 0.05) is 17.9 Å². The molecule has 1 fully saturated rings. The highest BCUT2D eigenvalue weighted by Gasteiger charge is 2.21. The summed E-state index contributed by atoms with van der Waals surface area (Å²) in [6.45, 7) is 0.645. The average molecular weight is 233 g/mol. The van der Waals surface area contributed by atoms with Crippen LogP contribution in [0.15, 0.2) is 24.3 Å². The molecule has 1 atom stereocenters. The first-order valence-corrected chi connectivity index (χ1v) is 5.77. The molecule has 0 spiro atoms. The lowest BCUT2D eigenvalue weighted by Crippen LogP contribution is -2.33. The van der Waals surface area contributed by atoms with E-state index in [-0.39, 0.29) is 12.0 Å². The van der Waals surface area contributed by atoms with Crippen LogP contribution in [0.4, 0.5) is 5.69 Å². The first-order valence-electron chi connectivity index (χ1n) is 5.77. The number of carbonyl (C=O) groups excluding carboxylic acids is 2. The van der Waals surface area contributed by atoms with Crippen LogP contribution in [-0.2, 0) is 9.53 Å². The van der Waals surface area contributed by atoms with Crippen LogP contribution in [0.25, 0.3) is 0 Å². The standard InChI is InChI=1S/C13H15NO3/c15-9-10-4-3-5-11(8-10)14-13(16)12-6-1-2-7-17-12/h3-5,8-9,12H,1-2,6-7H2,(H,14,16). The normalized spacial score (nSPS) is 19.6. The number of benzene rings is 1. The third kappa shape index (κ3) is 3.14. The molecule has 1 unspecified atom stereocenters. The van der Waals surface area contributed by atoms with Gasteiger partial charge in [0.1, 0.15) is 12.4 Å². The van der Waals surface area contributed by atoms with Gasteiger partial charge in [-0.1, -0.05) is 12.1 Å². The Kier molecular flexibility index (Phi) is 3.88. The minimum atomic E-state index is -0.358. The van der Waals surface area contributed by atoms with E-state index in [1.165, 1.54) is 0 Å². The lowest BCUT2D eigenvalue weighted by Gasteiger charge is -2.21. The summed E-state index contributed by atoms with van der Waals surface area (Å²) in [5.41, 5.74) is 1.18. The molecule has 1 aliphatic rings. The molecular weight excluding hydrogens is 218 g/mol. The summed E-state index contributed by atoms with van der Waals surface area (Å²) in [6.07, 6.45) is 3.20. The van der Waals surface area contributed by atoms with Crippen molar-refractivity contribution in [3.05, 3.63) is 29.8 Å². The van der Waals surface area contributed by atoms with Crippen molar-refractivity contribution < 1.29 is 14.3 Å². The van der Waals surface area contributed by atoms with Crippen molar-refractivity contribution in [2.45, 2.75) is 25.4 Å². The van der Waals surface area contributed by atoms with Crippen molar-refractivity contribution in [3.63, 3.8) is 0 Å². The highest BCUT2D eigenvalue weighted by atomic mass is 16.5. The number of carbonyl (C=O) groups is 2. The SMILES string of the molecule is O=Cc1cccc(NC(=O)C2CCCCO2)c1. The maximum atomic E-state index is 11.8. The number of aldehydes is 1. The van der Waals surface area contributed by atoms with Crippen molar-refractivity contribution in [1.29, 1.82) is 0 Å². The van der Waals surface area contributed by atoms with E-state index in [2.05, 4.69) is 5.32 Å². The molecule has 1 saturated heterocycles. The first-order chi connectivity index (χ1) is 8.29. The Morgan fingerprint density at radius 3 is 3.00 bits per heavy atom. The van der Waals surface area contributed by atoms with Crippen molar-refractivity contribution in [2.24, 2.45) is 0 Å². The lowest BCUT2D eigenvalue weighted by molar-refractivity contribution is -0.129. The molecule has 1 amide bonds. The second-order valence-electron chi connectivity index (χ2n) is 4.09. The molecule has 0 aliphatic carbocycles. The fraction of sp³-hybridized carbons (Fsp3) is 0.385. The average Bonchev–Trinajstić information content (AvgIpc) is 2.40. The number of hydrogen-bond donors (Lipinski definition) is 1. The quantitative estimate of drug-likeness (QED) is 0.812. The van der Waals surface area contributed by atoms with Gasteiger partial charge in [0.2, 0.25) is 0 Å². The summed E-state index contributed by atoms with van der Waals surface area (Å²) in [5, 5.41) is 2.76. The molecule has 2 rings (SSSR count). The number of anilines is 1. The summed E-state index contributed by atoms with van der Waals surface area (Å²) < 4.78 is 5.39. The van der Waals surface area contributed by atoms with E-state index in [0.717, 1.165) is 25.5 Å². The summed E-state index contributed by atoms with van der Waals surface area (Å²) in [5.74, 6) is -0.132. The number of rotatable bonds is 3. The second kappa shape index (κ2) is 5.59. The molecule has 1 aromatic carbocycles. The number of ether oxygens (including phenoxy) is 1. The molecule has 17 heavy (non-hydrogen) atoms. The predicted molar refractivity (Wildman–Crippen MR) is 64.1 cm³/mol. The topological polar surface area (TPSA) is 55.4 Å². The van der Waals surface area contributed by atoms with Crippen LogP contribution in [-0.4, -0.2) is 24.9 Å². The van der Waals surface area contributed by atoms with E-state index in [0.29, 0.717) is 17.9 Å². The van der Waals surface area contributed by atoms with Gasteiger partial charge in [-0.25, -0.2) is 0 Å². The zero-order valence-corrected chi connectivity index (χ0v) is 9.52. The molecule has 0 radical (unpaired) electrons. The van der Waals surface area contributed by atoms with E-state index in [4.69, 9.17) is 4.74 Å². The van der Waals surface area contributed by atoms with Crippen LogP contribution < -0.4 is 5.32 Å². The van der Waals surface area contributed by atoms with Gasteiger partial charge in [-0.05, 0) is 31.4 Å². The van der Waals surface area contributed by atoms with E-state index in [1.54, 1.807) is 24.3 Å². The van der Waals surface area contributed by atoms with Gasteiger partial charge in [0.15, 0.2) is 0 Å². The van der Waals surface area contributed by atoms with Gasteiger partial charge in [0.25, 0.3) is 5.91 Å². The number of nitrogens with one attached hydrogen (secondary N) is 1. The third-order valence-corrected chi connectivity index (χ3v) is 2.76. The highest BCUT2D eigenvalue weighted by molar-refractivity contribution is 5.94. The van der Waals surface area contributed by atoms with Crippen LogP contribution in [0.5, 0.6) is 0 Å². The van der Waals surface area contributed by atoms with Gasteiger partial charge in [-0.2, -0.15) is 0 Å². The Morgan fingerprint density at radius 1 is 1.41 bits per heavy atom. The smallest absolute Gasteiger partial charge is 0.253 e. The van der Waals surface area contributed by atoms with Gasteiger partial charge in [0.05, 0.1) is 0 Å². The fourth-order valence-corrected chi connectivity index (χ4v) is 1.86. The molecule has 4 heteroatoms. The number of amides is 1. The molecule has 0 saturated carbocycles. The molecule has 1 aliphatic heterocycles. The summed E-state index contributed by atoms with van der Waals surface area (Å²) in [6, 6.07) is 6.84. The molecule has 1 aromatic rings. The third-order valence-electron chi connectivity index (χ3n) is 2.76. The first kappa shape index (κ1) is 11.8. The molecule has 0 bridgehead atoms. The maximum Gasteiger partial charge on any atom is 0.253 e.